The van der Waals surface area contributed by atoms with Crippen molar-refractivity contribution in [2.75, 3.05) is 34.2 Å². The molecular weight excluding hydrogens is 500 g/mol. The van der Waals surface area contributed by atoms with Gasteiger partial charge in [0.15, 0.2) is 6.10 Å². The fraction of sp³-hybridized carbons (Fsp3) is 0.444. The van der Waals surface area contributed by atoms with Gasteiger partial charge in [0.25, 0.3) is 0 Å². The number of carboxylic acid groups (broad SMARTS) is 1. The molecule has 0 saturated heterocycles. The molecule has 0 amide bonds. The van der Waals surface area contributed by atoms with Crippen molar-refractivity contribution in [2.24, 2.45) is 5.41 Å². The van der Waals surface area contributed by atoms with Crippen LogP contribution >= 0.6 is 11.6 Å². The van der Waals surface area contributed by atoms with Crippen LogP contribution in [-0.4, -0.2) is 69.0 Å². The van der Waals surface area contributed by atoms with Crippen molar-refractivity contribution in [3.63, 3.8) is 0 Å². The molecule has 0 radical (unpaired) electrons. The number of rotatable bonds is 9. The number of sulfonamides is 1. The minimum atomic E-state index is -3.68. The van der Waals surface area contributed by atoms with Crippen LogP contribution in [0, 0.1) is 24.2 Å². The smallest absolute Gasteiger partial charge is 0.345 e. The highest BCUT2D eigenvalue weighted by Gasteiger charge is 2.34. The van der Waals surface area contributed by atoms with Gasteiger partial charge in [-0.2, -0.15) is 0 Å². The SMILES string of the molecule is Cc1ccc(S(=O)(=O)N(C)CCCN(C)C)cc1C#Cc1cc(Cl)ccc1OC(C(=O)O)C(C)(C)C. The Bertz CT molecular complexity index is 1260. The maximum absolute atomic E-state index is 13.1. The lowest BCUT2D eigenvalue weighted by molar-refractivity contribution is -0.150. The van der Waals surface area contributed by atoms with E-state index >= 15 is 0 Å². The van der Waals surface area contributed by atoms with E-state index in [1.807, 2.05) is 25.9 Å². The Labute approximate surface area is 220 Å². The van der Waals surface area contributed by atoms with Gasteiger partial charge in [-0.1, -0.05) is 50.3 Å². The third-order valence-corrected chi connectivity index (χ3v) is 7.61. The van der Waals surface area contributed by atoms with Crippen LogP contribution in [0.15, 0.2) is 41.3 Å². The fourth-order valence-electron chi connectivity index (χ4n) is 3.37. The Kier molecular flexibility index (Phi) is 9.98. The van der Waals surface area contributed by atoms with Crippen LogP contribution < -0.4 is 4.74 Å². The Morgan fingerprint density at radius 1 is 1.06 bits per heavy atom. The highest BCUT2D eigenvalue weighted by Crippen LogP contribution is 2.29. The largest absolute Gasteiger partial charge is 0.478 e. The van der Waals surface area contributed by atoms with Crippen molar-refractivity contribution in [2.45, 2.75) is 45.1 Å². The van der Waals surface area contributed by atoms with Crippen molar-refractivity contribution in [1.29, 1.82) is 0 Å². The maximum Gasteiger partial charge on any atom is 0.345 e. The molecule has 9 heteroatoms. The van der Waals surface area contributed by atoms with Crippen LogP contribution in [0.25, 0.3) is 0 Å². The summed E-state index contributed by atoms with van der Waals surface area (Å²) in [7, 11) is 1.78. The molecule has 0 spiro atoms. The quantitative estimate of drug-likeness (QED) is 0.477. The van der Waals surface area contributed by atoms with E-state index in [4.69, 9.17) is 16.3 Å². The minimum absolute atomic E-state index is 0.158. The first-order valence-corrected chi connectivity index (χ1v) is 13.4. The molecule has 1 N–H and O–H groups in total. The second-order valence-corrected chi connectivity index (χ2v) is 12.5. The molecule has 0 aliphatic heterocycles. The van der Waals surface area contributed by atoms with E-state index < -0.39 is 27.5 Å². The molecule has 36 heavy (non-hydrogen) atoms. The summed E-state index contributed by atoms with van der Waals surface area (Å²) in [4.78, 5) is 14.0. The zero-order valence-electron chi connectivity index (χ0n) is 21.9. The molecule has 0 aliphatic carbocycles. The summed E-state index contributed by atoms with van der Waals surface area (Å²) < 4.78 is 33.4. The first-order chi connectivity index (χ1) is 16.6. The van der Waals surface area contributed by atoms with Crippen molar-refractivity contribution >= 4 is 27.6 Å². The van der Waals surface area contributed by atoms with Gasteiger partial charge in [-0.3, -0.25) is 0 Å². The van der Waals surface area contributed by atoms with Gasteiger partial charge in [0, 0.05) is 29.6 Å². The highest BCUT2D eigenvalue weighted by atomic mass is 35.5. The molecule has 1 unspecified atom stereocenters. The summed E-state index contributed by atoms with van der Waals surface area (Å²) in [6, 6.07) is 9.64. The van der Waals surface area contributed by atoms with Crippen LogP contribution in [-0.2, 0) is 14.8 Å². The predicted octanol–water partition coefficient (Wildman–Crippen LogP) is 4.50. The number of carbonyl (C=O) groups is 1. The Morgan fingerprint density at radius 3 is 2.28 bits per heavy atom. The molecule has 2 aromatic rings. The summed E-state index contributed by atoms with van der Waals surface area (Å²) in [5.74, 6) is 5.22. The van der Waals surface area contributed by atoms with E-state index in [1.54, 1.807) is 64.2 Å². The van der Waals surface area contributed by atoms with E-state index in [9.17, 15) is 18.3 Å². The number of benzene rings is 2. The lowest BCUT2D eigenvalue weighted by Gasteiger charge is -2.28. The average Bonchev–Trinajstić information content (AvgIpc) is 2.76. The molecule has 0 aliphatic rings. The van der Waals surface area contributed by atoms with Crippen LogP contribution in [0.3, 0.4) is 0 Å². The predicted molar refractivity (Wildman–Crippen MR) is 143 cm³/mol. The molecule has 1 atom stereocenters. The number of ether oxygens (including phenoxy) is 1. The first-order valence-electron chi connectivity index (χ1n) is 11.6. The molecule has 0 heterocycles. The third kappa shape index (κ3) is 7.97. The van der Waals surface area contributed by atoms with Crippen LogP contribution in [0.5, 0.6) is 5.75 Å². The summed E-state index contributed by atoms with van der Waals surface area (Å²) in [6.45, 7) is 8.36. The number of hydrogen-bond acceptors (Lipinski definition) is 5. The van der Waals surface area contributed by atoms with E-state index in [0.717, 1.165) is 12.1 Å². The number of aliphatic carboxylic acids is 1. The number of hydrogen-bond donors (Lipinski definition) is 1. The van der Waals surface area contributed by atoms with E-state index in [-0.39, 0.29) is 10.6 Å². The Balaban J connectivity index is 2.42. The molecule has 196 valence electrons. The second kappa shape index (κ2) is 12.1. The number of halogens is 1. The van der Waals surface area contributed by atoms with Crippen molar-refractivity contribution in [3.05, 3.63) is 58.1 Å². The summed E-state index contributed by atoms with van der Waals surface area (Å²) in [5, 5.41) is 10.1. The zero-order chi connectivity index (χ0) is 27.3. The number of carboxylic acids is 1. The molecule has 0 bridgehead atoms. The second-order valence-electron chi connectivity index (χ2n) is 10.1. The lowest BCUT2D eigenvalue weighted by atomic mass is 9.89. The number of nitrogens with zero attached hydrogens (tertiary/aromatic N) is 2. The molecule has 0 fully saturated rings. The molecule has 0 aromatic heterocycles. The van der Waals surface area contributed by atoms with E-state index in [1.165, 1.54) is 4.31 Å². The van der Waals surface area contributed by atoms with Crippen LogP contribution in [0.2, 0.25) is 5.02 Å². The topological polar surface area (TPSA) is 87.2 Å². The Hall–Kier alpha value is -2.57. The molecule has 2 rings (SSSR count). The third-order valence-electron chi connectivity index (χ3n) is 5.52. The fourth-order valence-corrected chi connectivity index (χ4v) is 4.78. The van der Waals surface area contributed by atoms with E-state index in [2.05, 4.69) is 11.8 Å². The summed E-state index contributed by atoms with van der Waals surface area (Å²) in [5.41, 5.74) is 1.09. The average molecular weight is 535 g/mol. The van der Waals surface area contributed by atoms with Gasteiger partial charge in [-0.15, -0.1) is 0 Å². The normalized spacial score (nSPS) is 12.8. The van der Waals surface area contributed by atoms with Crippen LogP contribution in [0.4, 0.5) is 0 Å². The van der Waals surface area contributed by atoms with Crippen molar-refractivity contribution < 1.29 is 23.1 Å². The van der Waals surface area contributed by atoms with Gasteiger partial charge < -0.3 is 14.7 Å². The van der Waals surface area contributed by atoms with Gasteiger partial charge in [0.1, 0.15) is 5.75 Å². The van der Waals surface area contributed by atoms with Gasteiger partial charge >= 0.3 is 5.97 Å². The number of aryl methyl sites for hydroxylation is 1. The summed E-state index contributed by atoms with van der Waals surface area (Å²) >= 11 is 6.17. The van der Waals surface area contributed by atoms with Gasteiger partial charge in [0.2, 0.25) is 10.0 Å². The van der Waals surface area contributed by atoms with Crippen molar-refractivity contribution in [3.8, 4) is 17.6 Å². The Morgan fingerprint density at radius 2 is 1.69 bits per heavy atom. The highest BCUT2D eigenvalue weighted by molar-refractivity contribution is 7.89. The molecular formula is C27H35ClN2O5S. The minimum Gasteiger partial charge on any atom is -0.478 e. The molecule has 0 saturated carbocycles. The molecule has 2 aromatic carbocycles. The van der Waals surface area contributed by atoms with Gasteiger partial charge in [0.05, 0.1) is 10.5 Å². The lowest BCUT2D eigenvalue weighted by Crippen LogP contribution is -2.39. The maximum atomic E-state index is 13.1. The standard InChI is InChI=1S/C27H35ClN2O5S/c1-19-9-13-23(36(33,34)30(7)16-8-15-29(5)6)18-20(19)10-11-21-17-22(28)12-14-24(21)35-25(26(31)32)27(2,3)4/h9,12-14,17-18,25H,8,15-16H2,1-7H3,(H,31,32). The zero-order valence-corrected chi connectivity index (χ0v) is 23.5. The monoisotopic (exact) mass is 534 g/mol. The summed E-state index contributed by atoms with van der Waals surface area (Å²) in [6.07, 6.45) is -0.387. The van der Waals surface area contributed by atoms with Gasteiger partial charge in [-0.05, 0) is 69.9 Å². The van der Waals surface area contributed by atoms with Crippen LogP contribution in [0.1, 0.15) is 43.9 Å². The van der Waals surface area contributed by atoms with Crippen molar-refractivity contribution in [1.82, 2.24) is 9.21 Å². The van der Waals surface area contributed by atoms with Gasteiger partial charge in [-0.25, -0.2) is 17.5 Å². The molecule has 7 nitrogen and oxygen atoms in total. The van der Waals surface area contributed by atoms with E-state index in [0.29, 0.717) is 29.1 Å². The first kappa shape index (κ1) is 29.7.